The van der Waals surface area contributed by atoms with Crippen molar-refractivity contribution in [1.29, 1.82) is 5.26 Å². The molecule has 6 aromatic rings. The molecule has 1 spiro atoms. The number of piperazine rings is 1. The minimum absolute atomic E-state index is 0.0589. The Morgan fingerprint density at radius 1 is 0.846 bits per heavy atom. The summed E-state index contributed by atoms with van der Waals surface area (Å²) in [7, 11) is 0. The van der Waals surface area contributed by atoms with E-state index >= 15 is 8.78 Å². The van der Waals surface area contributed by atoms with Gasteiger partial charge in [0.05, 0.1) is 48.3 Å². The lowest BCUT2D eigenvalue weighted by Gasteiger charge is -2.42. The molecule has 9 heterocycles. The Morgan fingerprint density at radius 2 is 1.63 bits per heavy atom. The van der Waals surface area contributed by atoms with Gasteiger partial charge in [0.1, 0.15) is 40.3 Å². The molecule has 4 fully saturated rings. The number of amides is 2. The monoisotopic (exact) mass is 879 g/mol. The fourth-order valence-corrected chi connectivity index (χ4v) is 10.5. The summed E-state index contributed by atoms with van der Waals surface area (Å²) in [5.74, 6) is -1.35. The number of halogens is 2. The Balaban J connectivity index is 0.723. The van der Waals surface area contributed by atoms with Gasteiger partial charge in [-0.3, -0.25) is 29.5 Å². The number of hydrogen-bond acceptors (Lipinski definition) is 13. The van der Waals surface area contributed by atoms with E-state index in [0.717, 1.165) is 74.3 Å². The molecule has 18 heteroatoms. The smallest absolute Gasteiger partial charge is 0.249 e. The van der Waals surface area contributed by atoms with Crippen LogP contribution in [0.2, 0.25) is 0 Å². The molecule has 16 nitrogen and oxygen atoms in total. The van der Waals surface area contributed by atoms with Crippen LogP contribution in [-0.2, 0) is 26.5 Å². The van der Waals surface area contributed by atoms with Gasteiger partial charge in [0.25, 0.3) is 0 Å². The molecule has 5 aromatic heterocycles. The molecule has 4 aliphatic heterocycles. The second-order valence-corrected chi connectivity index (χ2v) is 17.8. The molecular formula is C47H47F2N13O3. The first-order chi connectivity index (χ1) is 31.7. The normalized spacial score (nSPS) is 22.3. The third-order valence-electron chi connectivity index (χ3n) is 14.0. The predicted molar refractivity (Wildman–Crippen MR) is 236 cm³/mol. The highest BCUT2D eigenvalue weighted by Crippen LogP contribution is 2.44. The molecule has 0 bridgehead atoms. The molecule has 1 atom stereocenters. The molecule has 332 valence electrons. The van der Waals surface area contributed by atoms with E-state index < -0.39 is 23.6 Å². The maximum atomic E-state index is 15.4. The number of piperidine rings is 2. The van der Waals surface area contributed by atoms with Crippen LogP contribution in [0, 0.1) is 23.0 Å². The minimum Gasteiger partial charge on any atom is -0.373 e. The first-order valence-electron chi connectivity index (χ1n) is 22.4. The number of benzene rings is 1. The van der Waals surface area contributed by atoms with Crippen molar-refractivity contribution in [3.63, 3.8) is 0 Å². The van der Waals surface area contributed by atoms with Gasteiger partial charge in [0.2, 0.25) is 11.8 Å². The van der Waals surface area contributed by atoms with Crippen LogP contribution in [0.5, 0.6) is 0 Å². The minimum atomic E-state index is -0.729. The molecule has 3 saturated heterocycles. The topological polar surface area (TPSA) is 175 Å². The summed E-state index contributed by atoms with van der Waals surface area (Å²) in [6.45, 7) is 4.55. The largest absolute Gasteiger partial charge is 0.373 e. The quantitative estimate of drug-likeness (QED) is 0.177. The molecule has 1 aromatic carbocycles. The Kier molecular flexibility index (Phi) is 10.5. The molecule has 0 radical (unpaired) electrons. The van der Waals surface area contributed by atoms with Crippen molar-refractivity contribution in [2.45, 2.75) is 81.7 Å². The maximum absolute atomic E-state index is 15.4. The molecule has 2 N–H and O–H groups in total. The summed E-state index contributed by atoms with van der Waals surface area (Å²) in [5, 5.41) is 24.5. The molecule has 5 aliphatic rings. The first-order valence-corrected chi connectivity index (χ1v) is 22.4. The molecular weight excluding hydrogens is 833 g/mol. The van der Waals surface area contributed by atoms with E-state index in [1.165, 1.54) is 17.7 Å². The number of nitriles is 1. The Labute approximate surface area is 373 Å². The van der Waals surface area contributed by atoms with Gasteiger partial charge in [-0.1, -0.05) is 6.07 Å². The molecule has 1 aliphatic carbocycles. The van der Waals surface area contributed by atoms with Gasteiger partial charge in [-0.2, -0.15) is 15.5 Å². The molecule has 1 unspecified atom stereocenters. The lowest BCUT2D eigenvalue weighted by Crippen LogP contribution is -2.51. The van der Waals surface area contributed by atoms with Gasteiger partial charge in [-0.15, -0.1) is 0 Å². The number of carbonyl (C=O) groups is 2. The van der Waals surface area contributed by atoms with Crippen LogP contribution in [0.1, 0.15) is 74.2 Å². The van der Waals surface area contributed by atoms with Crippen molar-refractivity contribution in [2.75, 3.05) is 54.4 Å². The van der Waals surface area contributed by atoms with E-state index in [9.17, 15) is 14.9 Å². The number of fused-ring (bicyclic) bond motifs is 3. The summed E-state index contributed by atoms with van der Waals surface area (Å²) in [5.41, 5.74) is 5.98. The second-order valence-electron chi connectivity index (χ2n) is 17.8. The van der Waals surface area contributed by atoms with Crippen LogP contribution in [0.15, 0.2) is 73.6 Å². The van der Waals surface area contributed by atoms with E-state index in [2.05, 4.69) is 42.7 Å². The number of nitrogens with zero attached hydrogens (tertiary/aromatic N) is 11. The predicted octanol–water partition coefficient (Wildman–Crippen LogP) is 5.75. The second kappa shape index (κ2) is 16.6. The van der Waals surface area contributed by atoms with Crippen LogP contribution in [0.3, 0.4) is 0 Å². The molecule has 1 saturated carbocycles. The maximum Gasteiger partial charge on any atom is 0.249 e. The van der Waals surface area contributed by atoms with Gasteiger partial charge in [-0.25, -0.2) is 23.3 Å². The van der Waals surface area contributed by atoms with E-state index in [1.54, 1.807) is 15.6 Å². The zero-order chi connectivity index (χ0) is 44.2. The average molecular weight is 880 g/mol. The van der Waals surface area contributed by atoms with Gasteiger partial charge >= 0.3 is 0 Å². The third-order valence-corrected chi connectivity index (χ3v) is 14.0. The van der Waals surface area contributed by atoms with Gasteiger partial charge in [0, 0.05) is 92.7 Å². The Morgan fingerprint density at radius 3 is 2.37 bits per heavy atom. The number of carbonyl (C=O) groups excluding carboxylic acids is 2. The number of imide groups is 1. The number of hydrogen-bond donors (Lipinski definition) is 2. The number of rotatable bonds is 8. The molecule has 2 amide bonds. The number of anilines is 3. The molecule has 65 heavy (non-hydrogen) atoms. The first kappa shape index (κ1) is 40.9. The van der Waals surface area contributed by atoms with Gasteiger partial charge in [0.15, 0.2) is 11.6 Å². The van der Waals surface area contributed by atoms with E-state index in [-0.39, 0.29) is 41.8 Å². The standard InChI is InChI=1S/C47H47F2N13O3/c48-36-20-33(55-38-8-10-41(63)57-46(38)64)21-37(49)44(36)60-18-16-58(17-19-60)34-4-6-35(7-5-34)61-26-32(25-53-61)39-27-62-43(31(22-50)24-54-62)42(56-39)29-3-9-40(52-23-29)59-14-11-47(12-15-59)45-30(28-65-47)2-1-13-51-45/h1-3,9,13,20-21,23-27,34-35,38,55H,4-8,10-12,14-19,28H2,(H,57,63,64)/t34-,35-,38?. The van der Waals surface area contributed by atoms with Crippen molar-refractivity contribution in [3.05, 3.63) is 102 Å². The third kappa shape index (κ3) is 7.61. The summed E-state index contributed by atoms with van der Waals surface area (Å²) in [6.07, 6.45) is 16.9. The summed E-state index contributed by atoms with van der Waals surface area (Å²) in [4.78, 5) is 44.8. The lowest BCUT2D eigenvalue weighted by atomic mass is 9.87. The van der Waals surface area contributed by atoms with Gasteiger partial charge in [-0.05, 0) is 75.3 Å². The number of nitrogens with one attached hydrogen (secondary N) is 2. The van der Waals surface area contributed by atoms with Crippen molar-refractivity contribution in [3.8, 4) is 28.6 Å². The van der Waals surface area contributed by atoms with E-state index in [1.807, 2.05) is 53.9 Å². The zero-order valence-electron chi connectivity index (χ0n) is 35.7. The molecule has 11 rings (SSSR count). The Bertz CT molecular complexity index is 2810. The summed E-state index contributed by atoms with van der Waals surface area (Å²) in [6, 6.07) is 12.6. The summed E-state index contributed by atoms with van der Waals surface area (Å²) < 4.78 is 40.8. The highest BCUT2D eigenvalue weighted by Gasteiger charge is 2.44. The van der Waals surface area contributed by atoms with Crippen molar-refractivity contribution in [2.24, 2.45) is 0 Å². The average Bonchev–Trinajstić information content (AvgIpc) is 4.09. The van der Waals surface area contributed by atoms with Crippen molar-refractivity contribution < 1.29 is 23.1 Å². The highest BCUT2D eigenvalue weighted by atomic mass is 19.1. The van der Waals surface area contributed by atoms with Crippen LogP contribution < -0.4 is 20.4 Å². The van der Waals surface area contributed by atoms with Crippen LogP contribution >= 0.6 is 0 Å². The van der Waals surface area contributed by atoms with Crippen molar-refractivity contribution >= 4 is 34.5 Å². The van der Waals surface area contributed by atoms with Gasteiger partial charge < -0.3 is 19.9 Å². The number of aromatic nitrogens is 7. The fraction of sp³-hybridized carbons (Fsp3) is 0.404. The van der Waals surface area contributed by atoms with E-state index in [0.29, 0.717) is 61.3 Å². The lowest BCUT2D eigenvalue weighted by molar-refractivity contribution is -0.133. The number of ether oxygens (including phenoxy) is 1. The fourth-order valence-electron chi connectivity index (χ4n) is 10.5. The van der Waals surface area contributed by atoms with Crippen LogP contribution in [-0.4, -0.2) is 102 Å². The summed E-state index contributed by atoms with van der Waals surface area (Å²) >= 11 is 0. The van der Waals surface area contributed by atoms with Crippen LogP contribution in [0.25, 0.3) is 28.0 Å². The SMILES string of the molecule is N#Cc1cnn2cc(-c3cnn([C@H]4CC[C@H](N5CCN(c6c(F)cc(NC7CCC(=O)NC7=O)cc6F)CC5)CC4)c3)nc(-c3ccc(N4CCC5(CC4)OCc4cccnc45)nc3)c12. The Hall–Kier alpha value is -6.84. The van der Waals surface area contributed by atoms with Crippen LogP contribution in [0.4, 0.5) is 26.0 Å². The zero-order valence-corrected chi connectivity index (χ0v) is 35.7. The van der Waals surface area contributed by atoms with E-state index in [4.69, 9.17) is 19.8 Å². The van der Waals surface area contributed by atoms with Crippen molar-refractivity contribution in [1.82, 2.24) is 44.6 Å². The number of pyridine rings is 2. The highest BCUT2D eigenvalue weighted by molar-refractivity contribution is 6.01.